The molecule has 0 aliphatic carbocycles. The first-order valence-electron chi connectivity index (χ1n) is 10.5. The monoisotopic (exact) mass is 484 g/mol. The second kappa shape index (κ2) is 10.3. The predicted molar refractivity (Wildman–Crippen MR) is 132 cm³/mol. The van der Waals surface area contributed by atoms with Crippen molar-refractivity contribution in [2.45, 2.75) is 19.4 Å². The molecular weight excluding hydrogens is 460 g/mol. The molecule has 1 aromatic heterocycles. The number of aromatic nitrogens is 2. The zero-order valence-corrected chi connectivity index (χ0v) is 20.2. The average Bonchev–Trinajstić information content (AvgIpc) is 3.31. The van der Waals surface area contributed by atoms with Crippen LogP contribution in [0.25, 0.3) is 17.0 Å². The minimum Gasteiger partial charge on any atom is -0.497 e. The predicted octanol–water partition coefficient (Wildman–Crippen LogP) is 5.10. The van der Waals surface area contributed by atoms with E-state index in [9.17, 15) is 0 Å². The first-order chi connectivity index (χ1) is 16.0. The molecule has 4 rings (SSSR count). The van der Waals surface area contributed by atoms with E-state index in [4.69, 9.17) is 42.8 Å². The van der Waals surface area contributed by atoms with Gasteiger partial charge in [-0.2, -0.15) is 4.98 Å². The van der Waals surface area contributed by atoms with Gasteiger partial charge in [0.15, 0.2) is 5.11 Å². The van der Waals surface area contributed by atoms with Crippen LogP contribution in [0.2, 0.25) is 5.02 Å². The fourth-order valence-electron chi connectivity index (χ4n) is 3.81. The highest BCUT2D eigenvalue weighted by Crippen LogP contribution is 2.38. The third-order valence-electron chi connectivity index (χ3n) is 5.51. The van der Waals surface area contributed by atoms with Crippen molar-refractivity contribution in [2.75, 3.05) is 27.4 Å². The number of hydrogen-bond acceptors (Lipinski definition) is 6. The van der Waals surface area contributed by atoms with Gasteiger partial charge in [0.2, 0.25) is 5.82 Å². The smallest absolute Gasteiger partial charge is 0.258 e. The molecule has 1 N–H and O–H groups in total. The van der Waals surface area contributed by atoms with Crippen molar-refractivity contribution in [1.82, 2.24) is 20.4 Å². The van der Waals surface area contributed by atoms with Crippen LogP contribution in [-0.2, 0) is 4.74 Å². The van der Waals surface area contributed by atoms with Gasteiger partial charge in [-0.05, 0) is 67.5 Å². The van der Waals surface area contributed by atoms with E-state index in [1.807, 2.05) is 48.2 Å². The summed E-state index contributed by atoms with van der Waals surface area (Å²) in [6.07, 6.45) is 0.826. The Labute approximate surface area is 203 Å². The summed E-state index contributed by atoms with van der Waals surface area (Å²) in [6, 6.07) is 14.9. The van der Waals surface area contributed by atoms with Crippen LogP contribution in [-0.4, -0.2) is 47.5 Å². The lowest BCUT2D eigenvalue weighted by Crippen LogP contribution is -2.46. The maximum Gasteiger partial charge on any atom is 0.258 e. The van der Waals surface area contributed by atoms with Gasteiger partial charge in [0.05, 0.1) is 18.7 Å². The number of ether oxygens (including phenoxy) is 2. The minimum absolute atomic E-state index is 0.273. The van der Waals surface area contributed by atoms with Gasteiger partial charge >= 0.3 is 0 Å². The number of allylic oxidation sites excluding steroid dienone is 1. The molecule has 0 amide bonds. The van der Waals surface area contributed by atoms with E-state index in [2.05, 4.69) is 10.5 Å². The van der Waals surface area contributed by atoms with Crippen molar-refractivity contribution in [3.8, 4) is 17.1 Å². The van der Waals surface area contributed by atoms with E-state index in [0.29, 0.717) is 35.0 Å². The van der Waals surface area contributed by atoms with Crippen LogP contribution in [0.4, 0.5) is 0 Å². The number of nitrogens with one attached hydrogen (secondary N) is 1. The number of methoxy groups -OCH3 is 2. The normalized spacial score (nSPS) is 16.2. The summed E-state index contributed by atoms with van der Waals surface area (Å²) >= 11 is 11.7. The lowest BCUT2D eigenvalue weighted by molar-refractivity contribution is 0.188. The molecule has 33 heavy (non-hydrogen) atoms. The van der Waals surface area contributed by atoms with Crippen molar-refractivity contribution in [2.24, 2.45) is 0 Å². The molecule has 1 aliphatic rings. The fourth-order valence-corrected chi connectivity index (χ4v) is 4.29. The summed E-state index contributed by atoms with van der Waals surface area (Å²) in [4.78, 5) is 6.76. The molecule has 0 radical (unpaired) electrons. The number of nitrogens with zero attached hydrogens (tertiary/aromatic N) is 3. The molecule has 2 heterocycles. The highest BCUT2D eigenvalue weighted by atomic mass is 35.5. The number of halogens is 1. The van der Waals surface area contributed by atoms with E-state index >= 15 is 0 Å². The Morgan fingerprint density at radius 3 is 2.70 bits per heavy atom. The van der Waals surface area contributed by atoms with E-state index in [-0.39, 0.29) is 6.04 Å². The van der Waals surface area contributed by atoms with Crippen molar-refractivity contribution >= 4 is 34.5 Å². The standard InChI is InChI=1S/C24H25ClN4O3S/c1-15-20(23-27-22(28-32-23)16-8-10-18(25)11-9-16)21(17-6-4-7-19(14-17)31-3)26-24(33)29(15)12-5-13-30-2/h4,6-11,14,21H,5,12-13H2,1-3H3,(H,26,33). The third-order valence-corrected chi connectivity index (χ3v) is 6.10. The molecule has 3 aromatic rings. The largest absolute Gasteiger partial charge is 0.497 e. The van der Waals surface area contributed by atoms with Crippen LogP contribution < -0.4 is 10.1 Å². The molecule has 1 atom stereocenters. The fraction of sp³-hybridized carbons (Fsp3) is 0.292. The van der Waals surface area contributed by atoms with Crippen LogP contribution >= 0.6 is 23.8 Å². The molecule has 2 aromatic carbocycles. The quantitative estimate of drug-likeness (QED) is 0.350. The molecule has 1 aliphatic heterocycles. The van der Waals surface area contributed by atoms with Gasteiger partial charge in [0, 0.05) is 36.5 Å². The number of hydrogen-bond donors (Lipinski definition) is 1. The average molecular weight is 485 g/mol. The number of benzene rings is 2. The Morgan fingerprint density at radius 1 is 1.18 bits per heavy atom. The Bertz CT molecular complexity index is 1160. The van der Waals surface area contributed by atoms with Crippen LogP contribution in [0.1, 0.15) is 30.8 Å². The maximum atomic E-state index is 6.02. The molecule has 7 nitrogen and oxygen atoms in total. The SMILES string of the molecule is COCCCN1C(=S)NC(c2cccc(OC)c2)C(c2nc(-c3ccc(Cl)cc3)no2)=C1C. The molecule has 9 heteroatoms. The van der Waals surface area contributed by atoms with Crippen LogP contribution in [0.15, 0.2) is 58.8 Å². The van der Waals surface area contributed by atoms with Crippen LogP contribution in [0.3, 0.4) is 0 Å². The second-order valence-electron chi connectivity index (χ2n) is 7.59. The number of rotatable bonds is 8. The molecule has 0 saturated heterocycles. The highest BCUT2D eigenvalue weighted by molar-refractivity contribution is 7.80. The minimum atomic E-state index is -0.273. The molecule has 0 spiro atoms. The first-order valence-corrected chi connectivity index (χ1v) is 11.3. The molecular formula is C24H25ClN4O3S. The van der Waals surface area contributed by atoms with Gasteiger partial charge in [0.1, 0.15) is 5.75 Å². The topological polar surface area (TPSA) is 72.7 Å². The Kier molecular flexibility index (Phi) is 7.27. The van der Waals surface area contributed by atoms with E-state index < -0.39 is 0 Å². The van der Waals surface area contributed by atoms with Crippen LogP contribution in [0, 0.1) is 0 Å². The molecule has 0 saturated carbocycles. The van der Waals surface area contributed by atoms with Gasteiger partial charge in [-0.25, -0.2) is 0 Å². The zero-order chi connectivity index (χ0) is 23.4. The molecule has 0 bridgehead atoms. The summed E-state index contributed by atoms with van der Waals surface area (Å²) in [7, 11) is 3.34. The summed E-state index contributed by atoms with van der Waals surface area (Å²) in [6.45, 7) is 3.37. The molecule has 1 unspecified atom stereocenters. The van der Waals surface area contributed by atoms with Crippen LogP contribution in [0.5, 0.6) is 5.75 Å². The second-order valence-corrected chi connectivity index (χ2v) is 8.41. The summed E-state index contributed by atoms with van der Waals surface area (Å²) in [5.74, 6) is 1.68. The van der Waals surface area contributed by atoms with Gasteiger partial charge in [-0.15, -0.1) is 0 Å². The Hall–Kier alpha value is -2.94. The van der Waals surface area contributed by atoms with Crippen molar-refractivity contribution < 1.29 is 14.0 Å². The Morgan fingerprint density at radius 2 is 1.97 bits per heavy atom. The van der Waals surface area contributed by atoms with Crippen molar-refractivity contribution in [3.05, 3.63) is 70.7 Å². The highest BCUT2D eigenvalue weighted by Gasteiger charge is 2.34. The summed E-state index contributed by atoms with van der Waals surface area (Å²) in [5, 5.41) is 8.96. The molecule has 172 valence electrons. The van der Waals surface area contributed by atoms with Gasteiger partial charge < -0.3 is 24.2 Å². The van der Waals surface area contributed by atoms with E-state index in [1.165, 1.54) is 0 Å². The third kappa shape index (κ3) is 5.03. The zero-order valence-electron chi connectivity index (χ0n) is 18.7. The van der Waals surface area contributed by atoms with Crippen molar-refractivity contribution in [3.63, 3.8) is 0 Å². The molecule has 0 fully saturated rings. The van der Waals surface area contributed by atoms with Gasteiger partial charge in [-0.1, -0.05) is 28.9 Å². The van der Waals surface area contributed by atoms with Gasteiger partial charge in [-0.3, -0.25) is 0 Å². The van der Waals surface area contributed by atoms with E-state index in [0.717, 1.165) is 34.6 Å². The maximum absolute atomic E-state index is 6.02. The van der Waals surface area contributed by atoms with Crippen molar-refractivity contribution in [1.29, 1.82) is 0 Å². The Balaban J connectivity index is 1.77. The summed E-state index contributed by atoms with van der Waals surface area (Å²) < 4.78 is 16.4. The lowest BCUT2D eigenvalue weighted by Gasteiger charge is -2.37. The summed E-state index contributed by atoms with van der Waals surface area (Å²) in [5.41, 5.74) is 3.62. The number of thiocarbonyl (C=S) groups is 1. The van der Waals surface area contributed by atoms with E-state index in [1.54, 1.807) is 26.4 Å². The lowest BCUT2D eigenvalue weighted by atomic mass is 9.94. The first kappa shape index (κ1) is 23.2. The van der Waals surface area contributed by atoms with Gasteiger partial charge in [0.25, 0.3) is 5.89 Å².